The van der Waals surface area contributed by atoms with Crippen LogP contribution in [-0.4, -0.2) is 37.7 Å². The lowest BCUT2D eigenvalue weighted by Crippen LogP contribution is -2.44. The van der Waals surface area contributed by atoms with Crippen LogP contribution in [0.25, 0.3) is 0 Å². The van der Waals surface area contributed by atoms with Crippen molar-refractivity contribution in [3.63, 3.8) is 0 Å². The smallest absolute Gasteiger partial charge is 0.268 e. The molecule has 0 radical (unpaired) electrons. The van der Waals surface area contributed by atoms with Gasteiger partial charge in [0.05, 0.1) is 25.6 Å². The van der Waals surface area contributed by atoms with Gasteiger partial charge in [0.1, 0.15) is 23.9 Å². The molecule has 0 fully saturated rings. The van der Waals surface area contributed by atoms with Gasteiger partial charge in [-0.15, -0.1) is 0 Å². The number of halogens is 1. The molecule has 164 valence electrons. The van der Waals surface area contributed by atoms with Crippen molar-refractivity contribution in [2.75, 3.05) is 31.0 Å². The Bertz CT molecular complexity index is 1200. The molecule has 0 aromatic heterocycles. The number of para-hydroxylation sites is 1. The molecule has 1 heterocycles. The van der Waals surface area contributed by atoms with E-state index in [9.17, 15) is 19.1 Å². The predicted octanol–water partition coefficient (Wildman–Crippen LogP) is 3.06. The summed E-state index contributed by atoms with van der Waals surface area (Å²) in [4.78, 5) is 27.3. The highest BCUT2D eigenvalue weighted by Crippen LogP contribution is 2.44. The maximum Gasteiger partial charge on any atom is 0.268 e. The van der Waals surface area contributed by atoms with E-state index in [2.05, 4.69) is 5.32 Å². The van der Waals surface area contributed by atoms with E-state index in [1.165, 1.54) is 37.3 Å². The van der Waals surface area contributed by atoms with Gasteiger partial charge in [0.2, 0.25) is 5.91 Å². The molecule has 0 spiro atoms. The third kappa shape index (κ3) is 3.54. The van der Waals surface area contributed by atoms with Crippen LogP contribution in [0.2, 0.25) is 0 Å². The van der Waals surface area contributed by atoms with Crippen molar-refractivity contribution in [2.24, 2.45) is 0 Å². The summed E-state index contributed by atoms with van der Waals surface area (Å²) in [6.07, 6.45) is 0. The Kier molecular flexibility index (Phi) is 5.54. The molecule has 0 bridgehead atoms. The molecular weight excluding hydrogens is 415 g/mol. The highest BCUT2D eigenvalue weighted by molar-refractivity contribution is 6.12. The first-order valence-corrected chi connectivity index (χ1v) is 9.80. The van der Waals surface area contributed by atoms with Crippen molar-refractivity contribution < 1.29 is 28.6 Å². The van der Waals surface area contributed by atoms with Gasteiger partial charge >= 0.3 is 0 Å². The number of ether oxygens (including phenoxy) is 2. The van der Waals surface area contributed by atoms with Crippen LogP contribution in [0.5, 0.6) is 11.5 Å². The average Bonchev–Trinajstić information content (AvgIpc) is 3.02. The minimum absolute atomic E-state index is 0.0923. The van der Waals surface area contributed by atoms with Crippen molar-refractivity contribution in [1.29, 1.82) is 0 Å². The summed E-state index contributed by atoms with van der Waals surface area (Å²) in [5, 5.41) is 14.1. The summed E-state index contributed by atoms with van der Waals surface area (Å²) in [5.74, 6) is -0.865. The number of aliphatic hydroxyl groups is 1. The third-order valence-corrected chi connectivity index (χ3v) is 5.37. The number of methoxy groups -OCH3 is 2. The standard InChI is InChI=1S/C24H21FN2O5/c1-31-17-10-11-19(21(13-17)32-2)26-22(28)14-27-20-9-4-3-8-18(20)24(30,23(27)29)15-6-5-7-16(25)12-15/h3-13,30H,14H2,1-2H3,(H,26,28)/t24-/m0/s1. The molecule has 0 aliphatic carbocycles. The van der Waals surface area contributed by atoms with Gasteiger partial charge in [0.25, 0.3) is 5.91 Å². The molecule has 8 heteroatoms. The Balaban J connectivity index is 1.64. The van der Waals surface area contributed by atoms with Crippen LogP contribution in [0.1, 0.15) is 11.1 Å². The molecule has 32 heavy (non-hydrogen) atoms. The summed E-state index contributed by atoms with van der Waals surface area (Å²) in [6, 6.07) is 16.7. The lowest BCUT2D eigenvalue weighted by molar-refractivity contribution is -0.133. The quantitative estimate of drug-likeness (QED) is 0.620. The van der Waals surface area contributed by atoms with Gasteiger partial charge in [-0.2, -0.15) is 0 Å². The summed E-state index contributed by atoms with van der Waals surface area (Å²) < 4.78 is 24.3. The molecule has 0 saturated carbocycles. The van der Waals surface area contributed by atoms with E-state index < -0.39 is 23.2 Å². The number of fused-ring (bicyclic) bond motifs is 1. The number of rotatable bonds is 6. The van der Waals surface area contributed by atoms with Gasteiger partial charge in [-0.1, -0.05) is 30.3 Å². The highest BCUT2D eigenvalue weighted by atomic mass is 19.1. The van der Waals surface area contributed by atoms with Gasteiger partial charge < -0.3 is 19.9 Å². The van der Waals surface area contributed by atoms with Crippen LogP contribution < -0.4 is 19.7 Å². The Morgan fingerprint density at radius 2 is 1.84 bits per heavy atom. The maximum atomic E-state index is 13.8. The molecule has 3 aromatic rings. The van der Waals surface area contributed by atoms with E-state index in [1.54, 1.807) is 42.5 Å². The van der Waals surface area contributed by atoms with Crippen molar-refractivity contribution in [1.82, 2.24) is 0 Å². The number of nitrogens with one attached hydrogen (secondary N) is 1. The number of carbonyl (C=O) groups excluding carboxylic acids is 2. The monoisotopic (exact) mass is 436 g/mol. The number of benzene rings is 3. The molecule has 1 aliphatic heterocycles. The van der Waals surface area contributed by atoms with E-state index in [-0.39, 0.29) is 17.7 Å². The highest BCUT2D eigenvalue weighted by Gasteiger charge is 2.51. The molecule has 1 atom stereocenters. The number of carbonyl (C=O) groups is 2. The Morgan fingerprint density at radius 1 is 1.06 bits per heavy atom. The number of hydrogen-bond acceptors (Lipinski definition) is 5. The number of amides is 2. The van der Waals surface area contributed by atoms with E-state index in [4.69, 9.17) is 9.47 Å². The largest absolute Gasteiger partial charge is 0.497 e. The van der Waals surface area contributed by atoms with Crippen LogP contribution in [0.3, 0.4) is 0 Å². The minimum atomic E-state index is -2.10. The zero-order valence-electron chi connectivity index (χ0n) is 17.5. The van der Waals surface area contributed by atoms with E-state index >= 15 is 0 Å². The molecule has 1 aliphatic rings. The van der Waals surface area contributed by atoms with Crippen LogP contribution in [0, 0.1) is 5.82 Å². The van der Waals surface area contributed by atoms with Crippen molar-refractivity contribution in [2.45, 2.75) is 5.60 Å². The van der Waals surface area contributed by atoms with Crippen molar-refractivity contribution in [3.8, 4) is 11.5 Å². The lowest BCUT2D eigenvalue weighted by atomic mass is 9.87. The first-order valence-electron chi connectivity index (χ1n) is 9.80. The maximum absolute atomic E-state index is 13.8. The average molecular weight is 436 g/mol. The fourth-order valence-electron chi connectivity index (χ4n) is 3.82. The van der Waals surface area contributed by atoms with E-state index in [0.29, 0.717) is 22.9 Å². The third-order valence-electron chi connectivity index (χ3n) is 5.37. The molecule has 3 aromatic carbocycles. The second kappa shape index (κ2) is 8.32. The summed E-state index contributed by atoms with van der Waals surface area (Å²) in [7, 11) is 2.98. The lowest BCUT2D eigenvalue weighted by Gasteiger charge is -2.23. The Hall–Kier alpha value is -3.91. The van der Waals surface area contributed by atoms with Gasteiger partial charge in [0, 0.05) is 17.2 Å². The van der Waals surface area contributed by atoms with Crippen LogP contribution in [0.4, 0.5) is 15.8 Å². The normalized spacial score (nSPS) is 17.1. The van der Waals surface area contributed by atoms with E-state index in [1.807, 2.05) is 0 Å². The van der Waals surface area contributed by atoms with Crippen LogP contribution in [0.15, 0.2) is 66.7 Å². The van der Waals surface area contributed by atoms with Gasteiger partial charge in [0.15, 0.2) is 5.60 Å². The summed E-state index contributed by atoms with van der Waals surface area (Å²) >= 11 is 0. The first-order chi connectivity index (χ1) is 15.4. The minimum Gasteiger partial charge on any atom is -0.497 e. The van der Waals surface area contributed by atoms with Crippen LogP contribution >= 0.6 is 0 Å². The zero-order chi connectivity index (χ0) is 22.9. The first kappa shape index (κ1) is 21.3. The predicted molar refractivity (Wildman–Crippen MR) is 116 cm³/mol. The summed E-state index contributed by atoms with van der Waals surface area (Å²) in [6.45, 7) is -0.358. The van der Waals surface area contributed by atoms with Gasteiger partial charge in [-0.25, -0.2) is 4.39 Å². The number of hydrogen-bond donors (Lipinski definition) is 2. The SMILES string of the molecule is COc1ccc(NC(=O)CN2C(=O)[C@](O)(c3cccc(F)c3)c3ccccc32)c(OC)c1. The fraction of sp³-hybridized carbons (Fsp3) is 0.167. The fourth-order valence-corrected chi connectivity index (χ4v) is 3.82. The second-order valence-corrected chi connectivity index (χ2v) is 7.24. The van der Waals surface area contributed by atoms with Crippen LogP contribution in [-0.2, 0) is 15.2 Å². The van der Waals surface area contributed by atoms with Crippen molar-refractivity contribution in [3.05, 3.63) is 83.7 Å². The molecule has 0 saturated heterocycles. The molecular formula is C24H21FN2O5. The van der Waals surface area contributed by atoms with Gasteiger partial charge in [-0.05, 0) is 30.3 Å². The molecule has 7 nitrogen and oxygen atoms in total. The summed E-state index contributed by atoms with van der Waals surface area (Å²) in [5.41, 5.74) is -0.948. The topological polar surface area (TPSA) is 88.1 Å². The molecule has 0 unspecified atom stereocenters. The second-order valence-electron chi connectivity index (χ2n) is 7.24. The van der Waals surface area contributed by atoms with Crippen molar-refractivity contribution >= 4 is 23.2 Å². The molecule has 2 N–H and O–H groups in total. The molecule has 2 amide bonds. The molecule has 4 rings (SSSR count). The van der Waals surface area contributed by atoms with Gasteiger partial charge in [-0.3, -0.25) is 14.5 Å². The number of anilines is 2. The Morgan fingerprint density at radius 3 is 2.56 bits per heavy atom. The van der Waals surface area contributed by atoms with E-state index in [0.717, 1.165) is 6.07 Å². The zero-order valence-corrected chi connectivity index (χ0v) is 17.5. The Labute approximate surface area is 184 Å². The number of nitrogens with zero attached hydrogens (tertiary/aromatic N) is 1.